The summed E-state index contributed by atoms with van der Waals surface area (Å²) in [5.74, 6) is 1.26. The van der Waals surface area contributed by atoms with Crippen LogP contribution >= 0.6 is 11.8 Å². The second-order valence-electron chi connectivity index (χ2n) is 8.99. The van der Waals surface area contributed by atoms with E-state index in [9.17, 15) is 9.59 Å². The van der Waals surface area contributed by atoms with Crippen molar-refractivity contribution >= 4 is 23.4 Å². The van der Waals surface area contributed by atoms with Crippen LogP contribution in [0, 0.1) is 5.41 Å². The molecule has 30 heavy (non-hydrogen) atoms. The van der Waals surface area contributed by atoms with Gasteiger partial charge in [0.1, 0.15) is 5.82 Å². The fourth-order valence-electron chi connectivity index (χ4n) is 4.46. The van der Waals surface area contributed by atoms with Crippen LogP contribution in [-0.2, 0) is 4.79 Å². The Morgan fingerprint density at radius 3 is 2.63 bits per heavy atom. The van der Waals surface area contributed by atoms with Crippen LogP contribution in [-0.4, -0.2) is 21.5 Å². The van der Waals surface area contributed by atoms with Gasteiger partial charge in [-0.2, -0.15) is 0 Å². The van der Waals surface area contributed by atoms with Crippen molar-refractivity contribution in [3.05, 3.63) is 63.1 Å². The van der Waals surface area contributed by atoms with E-state index in [2.05, 4.69) is 31.1 Å². The number of aromatic amines is 1. The number of rotatable bonds is 6. The molecule has 0 amide bonds. The number of nitrogens with zero attached hydrogens (tertiary/aromatic N) is 1. The average Bonchev–Trinajstić information content (AvgIpc) is 2.69. The van der Waals surface area contributed by atoms with Gasteiger partial charge in [-0.05, 0) is 23.8 Å². The van der Waals surface area contributed by atoms with E-state index >= 15 is 0 Å². The Bertz CT molecular complexity index is 1040. The molecule has 2 heterocycles. The van der Waals surface area contributed by atoms with Gasteiger partial charge in [0, 0.05) is 29.4 Å². The highest BCUT2D eigenvalue weighted by Gasteiger charge is 2.42. The summed E-state index contributed by atoms with van der Waals surface area (Å²) in [6, 6.07) is 9.84. The van der Waals surface area contributed by atoms with Crippen LogP contribution in [0.1, 0.15) is 69.9 Å². The third kappa shape index (κ3) is 4.10. The van der Waals surface area contributed by atoms with Crippen LogP contribution in [0.15, 0.2) is 51.6 Å². The molecule has 1 atom stereocenters. The lowest BCUT2D eigenvalue weighted by Gasteiger charge is -2.38. The van der Waals surface area contributed by atoms with Crippen LogP contribution in [0.25, 0.3) is 0 Å². The summed E-state index contributed by atoms with van der Waals surface area (Å²) < 4.78 is 0. The van der Waals surface area contributed by atoms with Gasteiger partial charge in [-0.3, -0.25) is 9.59 Å². The molecule has 2 N–H and O–H groups in total. The van der Waals surface area contributed by atoms with Crippen molar-refractivity contribution in [2.75, 3.05) is 11.1 Å². The molecule has 4 rings (SSSR count). The first-order valence-electron chi connectivity index (χ1n) is 10.7. The molecule has 2 aliphatic rings. The standard InChI is InChI=1S/C24H29N3O2S/c1-4-5-9-12-30-23-26-21-20(22(29)27-23)18(15-10-7-6-8-11-15)19-16(25-21)13-24(2,3)14-17(19)28/h6-8,10-11,18H,4-5,9,12-14H2,1-3H3,(H2,25,26,27,29). The molecular formula is C24H29N3O2S. The minimum atomic E-state index is -0.378. The van der Waals surface area contributed by atoms with E-state index in [0.717, 1.165) is 41.8 Å². The maximum Gasteiger partial charge on any atom is 0.257 e. The Labute approximate surface area is 181 Å². The highest BCUT2D eigenvalue weighted by atomic mass is 32.2. The fourth-order valence-corrected chi connectivity index (χ4v) is 5.32. The Morgan fingerprint density at radius 2 is 1.90 bits per heavy atom. The monoisotopic (exact) mass is 423 g/mol. The van der Waals surface area contributed by atoms with E-state index in [0.29, 0.717) is 23.0 Å². The zero-order valence-corrected chi connectivity index (χ0v) is 18.7. The van der Waals surface area contributed by atoms with Crippen molar-refractivity contribution in [2.24, 2.45) is 5.41 Å². The van der Waals surface area contributed by atoms with Crippen molar-refractivity contribution < 1.29 is 4.79 Å². The Hall–Kier alpha value is -2.34. The van der Waals surface area contributed by atoms with Gasteiger partial charge in [-0.1, -0.05) is 75.7 Å². The number of H-pyrrole nitrogens is 1. The van der Waals surface area contributed by atoms with Crippen molar-refractivity contribution in [2.45, 2.75) is 63.9 Å². The predicted molar refractivity (Wildman–Crippen MR) is 122 cm³/mol. The highest BCUT2D eigenvalue weighted by molar-refractivity contribution is 7.99. The molecule has 2 aromatic rings. The molecule has 0 spiro atoms. The normalized spacial score (nSPS) is 19.8. The average molecular weight is 424 g/mol. The number of Topliss-reactive ketones (excluding diaryl/α,β-unsaturated/α-hetero) is 1. The topological polar surface area (TPSA) is 74.8 Å². The minimum absolute atomic E-state index is 0.111. The Kier molecular flexibility index (Phi) is 5.87. The van der Waals surface area contributed by atoms with Crippen LogP contribution < -0.4 is 10.9 Å². The van der Waals surface area contributed by atoms with Gasteiger partial charge in [0.2, 0.25) is 0 Å². The van der Waals surface area contributed by atoms with Crippen molar-refractivity contribution in [1.82, 2.24) is 9.97 Å². The number of nitrogens with one attached hydrogen (secondary N) is 2. The maximum atomic E-state index is 13.2. The Balaban J connectivity index is 1.79. The molecule has 6 heteroatoms. The number of aromatic nitrogens is 2. The second kappa shape index (κ2) is 8.42. The number of thioether (sulfide) groups is 1. The summed E-state index contributed by atoms with van der Waals surface area (Å²) in [6.45, 7) is 6.41. The predicted octanol–water partition coefficient (Wildman–Crippen LogP) is 5.25. The highest BCUT2D eigenvalue weighted by Crippen LogP contribution is 2.47. The third-order valence-electron chi connectivity index (χ3n) is 5.82. The number of hydrogen-bond donors (Lipinski definition) is 2. The van der Waals surface area contributed by atoms with Gasteiger partial charge < -0.3 is 10.3 Å². The number of ketones is 1. The van der Waals surface area contributed by atoms with Crippen LogP contribution in [0.4, 0.5) is 5.82 Å². The van der Waals surface area contributed by atoms with Crippen LogP contribution in [0.5, 0.6) is 0 Å². The van der Waals surface area contributed by atoms with Gasteiger partial charge in [-0.15, -0.1) is 0 Å². The lowest BCUT2D eigenvalue weighted by Crippen LogP contribution is -2.37. The summed E-state index contributed by atoms with van der Waals surface area (Å²) in [5.41, 5.74) is 2.87. The molecule has 0 bridgehead atoms. The van der Waals surface area contributed by atoms with E-state index in [1.54, 1.807) is 11.8 Å². The van der Waals surface area contributed by atoms with E-state index in [-0.39, 0.29) is 22.7 Å². The van der Waals surface area contributed by atoms with Gasteiger partial charge in [0.15, 0.2) is 10.9 Å². The van der Waals surface area contributed by atoms with Crippen molar-refractivity contribution in [1.29, 1.82) is 0 Å². The molecule has 1 aromatic carbocycles. The smallest absolute Gasteiger partial charge is 0.257 e. The van der Waals surface area contributed by atoms with E-state index < -0.39 is 0 Å². The first-order chi connectivity index (χ1) is 14.4. The number of allylic oxidation sites excluding steroid dienone is 2. The molecular weight excluding hydrogens is 394 g/mol. The lowest BCUT2D eigenvalue weighted by atomic mass is 9.69. The number of anilines is 1. The number of fused-ring (bicyclic) bond motifs is 1. The van der Waals surface area contributed by atoms with Crippen LogP contribution in [0.2, 0.25) is 0 Å². The summed E-state index contributed by atoms with van der Waals surface area (Å²) >= 11 is 1.58. The lowest BCUT2D eigenvalue weighted by molar-refractivity contribution is -0.118. The minimum Gasteiger partial charge on any atom is -0.343 e. The number of benzene rings is 1. The second-order valence-corrected chi connectivity index (χ2v) is 10.1. The van der Waals surface area contributed by atoms with Crippen LogP contribution in [0.3, 0.4) is 0 Å². The van der Waals surface area contributed by atoms with E-state index in [1.807, 2.05) is 30.3 Å². The molecule has 158 valence electrons. The van der Waals surface area contributed by atoms with Crippen molar-refractivity contribution in [3.63, 3.8) is 0 Å². The summed E-state index contributed by atoms with van der Waals surface area (Å²) in [5, 5.41) is 4.02. The number of carbonyl (C=O) groups is 1. The molecule has 1 unspecified atom stereocenters. The molecule has 0 saturated carbocycles. The third-order valence-corrected chi connectivity index (χ3v) is 6.78. The van der Waals surface area contributed by atoms with E-state index in [1.165, 1.54) is 6.42 Å². The Morgan fingerprint density at radius 1 is 1.13 bits per heavy atom. The van der Waals surface area contributed by atoms with Gasteiger partial charge in [-0.25, -0.2) is 4.98 Å². The SMILES string of the molecule is CCCCCSc1nc2c(c(=O)[nH]1)C(c1ccccc1)C1=C(CC(C)(C)CC1=O)N2. The zero-order valence-electron chi connectivity index (χ0n) is 17.9. The molecule has 0 radical (unpaired) electrons. The van der Waals surface area contributed by atoms with Gasteiger partial charge in [0.05, 0.1) is 5.56 Å². The molecule has 5 nitrogen and oxygen atoms in total. The number of hydrogen-bond acceptors (Lipinski definition) is 5. The molecule has 0 saturated heterocycles. The molecule has 1 aliphatic heterocycles. The van der Waals surface area contributed by atoms with Gasteiger partial charge in [0.25, 0.3) is 5.56 Å². The zero-order chi connectivity index (χ0) is 21.3. The first kappa shape index (κ1) is 20.9. The summed E-state index contributed by atoms with van der Waals surface area (Å²) in [4.78, 5) is 34.1. The maximum absolute atomic E-state index is 13.2. The largest absolute Gasteiger partial charge is 0.343 e. The van der Waals surface area contributed by atoms with Gasteiger partial charge >= 0.3 is 0 Å². The summed E-state index contributed by atoms with van der Waals surface area (Å²) in [7, 11) is 0. The molecule has 1 aliphatic carbocycles. The first-order valence-corrected chi connectivity index (χ1v) is 11.7. The molecule has 0 fully saturated rings. The molecule has 1 aromatic heterocycles. The summed E-state index contributed by atoms with van der Waals surface area (Å²) in [6.07, 6.45) is 4.69. The number of carbonyl (C=O) groups excluding carboxylic acids is 1. The number of unbranched alkanes of at least 4 members (excludes halogenated alkanes) is 2. The van der Waals surface area contributed by atoms with E-state index in [4.69, 9.17) is 4.98 Å². The fraction of sp³-hybridized carbons (Fsp3) is 0.458. The quantitative estimate of drug-likeness (QED) is 0.377. The van der Waals surface area contributed by atoms with Crippen molar-refractivity contribution in [3.8, 4) is 0 Å².